The maximum absolute atomic E-state index is 12.4. The Labute approximate surface area is 142 Å². The number of allylic oxidation sites excluding steroid dienone is 1. The predicted molar refractivity (Wildman–Crippen MR) is 95.9 cm³/mol. The summed E-state index contributed by atoms with van der Waals surface area (Å²) in [6.07, 6.45) is 4.13. The minimum atomic E-state index is 0.212. The largest absolute Gasteiger partial charge is 0.497 e. The van der Waals surface area contributed by atoms with Gasteiger partial charge in [0.15, 0.2) is 5.78 Å². The van der Waals surface area contributed by atoms with E-state index in [2.05, 4.69) is 23.0 Å². The standard InChI is InChI=1S/C20H22N2O2/c1-24-19-11-9-15(10-12-19)16-7-8-17(20(23)13-16)14-21-22-18-5-3-2-4-6-18/h2-6,9-12,14,16,21-22H,7-8,13H2,1H3/b17-14+/t16-/m1/s1. The summed E-state index contributed by atoms with van der Waals surface area (Å²) in [5, 5.41) is 0. The Kier molecular flexibility index (Phi) is 5.16. The summed E-state index contributed by atoms with van der Waals surface area (Å²) in [4.78, 5) is 12.4. The number of methoxy groups -OCH3 is 1. The molecule has 2 aromatic carbocycles. The Morgan fingerprint density at radius 3 is 2.50 bits per heavy atom. The molecular formula is C20H22N2O2. The molecule has 24 heavy (non-hydrogen) atoms. The van der Waals surface area contributed by atoms with Crippen molar-refractivity contribution in [2.45, 2.75) is 25.2 Å². The fourth-order valence-corrected chi connectivity index (χ4v) is 2.97. The second-order valence-corrected chi connectivity index (χ2v) is 5.94. The van der Waals surface area contributed by atoms with Crippen LogP contribution < -0.4 is 15.6 Å². The molecule has 0 aliphatic heterocycles. The van der Waals surface area contributed by atoms with Crippen LogP contribution in [0.1, 0.15) is 30.7 Å². The zero-order valence-electron chi connectivity index (χ0n) is 13.8. The molecule has 3 rings (SSSR count). The zero-order valence-corrected chi connectivity index (χ0v) is 13.8. The van der Waals surface area contributed by atoms with Gasteiger partial charge in [0.1, 0.15) is 5.75 Å². The number of hydrazine groups is 1. The van der Waals surface area contributed by atoms with E-state index in [-0.39, 0.29) is 5.78 Å². The van der Waals surface area contributed by atoms with Crippen LogP contribution in [0.25, 0.3) is 0 Å². The number of rotatable bonds is 5. The summed E-state index contributed by atoms with van der Waals surface area (Å²) >= 11 is 0. The molecule has 4 heteroatoms. The first kappa shape index (κ1) is 16.1. The molecular weight excluding hydrogens is 300 g/mol. The van der Waals surface area contributed by atoms with Crippen LogP contribution >= 0.6 is 0 Å². The second kappa shape index (κ2) is 7.68. The van der Waals surface area contributed by atoms with Crippen molar-refractivity contribution in [1.29, 1.82) is 0 Å². The van der Waals surface area contributed by atoms with E-state index >= 15 is 0 Å². The molecule has 0 amide bonds. The van der Waals surface area contributed by atoms with Crippen molar-refractivity contribution in [3.05, 3.63) is 71.9 Å². The molecule has 1 saturated carbocycles. The molecule has 0 radical (unpaired) electrons. The molecule has 4 nitrogen and oxygen atoms in total. The monoisotopic (exact) mass is 322 g/mol. The Balaban J connectivity index is 1.56. The van der Waals surface area contributed by atoms with Crippen LogP contribution in [0.15, 0.2) is 66.4 Å². The normalized spacial score (nSPS) is 19.1. The van der Waals surface area contributed by atoms with Crippen molar-refractivity contribution in [3.8, 4) is 5.75 Å². The molecule has 0 unspecified atom stereocenters. The van der Waals surface area contributed by atoms with Crippen molar-refractivity contribution in [2.75, 3.05) is 12.5 Å². The highest BCUT2D eigenvalue weighted by molar-refractivity contribution is 5.96. The Hall–Kier alpha value is -2.75. The zero-order chi connectivity index (χ0) is 16.8. The van der Waals surface area contributed by atoms with Gasteiger partial charge in [0.2, 0.25) is 0 Å². The van der Waals surface area contributed by atoms with Gasteiger partial charge in [0, 0.05) is 18.2 Å². The lowest BCUT2D eigenvalue weighted by Crippen LogP contribution is -2.21. The third-order valence-electron chi connectivity index (χ3n) is 4.38. The molecule has 0 spiro atoms. The van der Waals surface area contributed by atoms with Crippen LogP contribution in [0.5, 0.6) is 5.75 Å². The highest BCUT2D eigenvalue weighted by atomic mass is 16.5. The first-order valence-corrected chi connectivity index (χ1v) is 8.19. The quantitative estimate of drug-likeness (QED) is 0.644. The number of para-hydroxylation sites is 1. The topological polar surface area (TPSA) is 50.4 Å². The highest BCUT2D eigenvalue weighted by Crippen LogP contribution is 2.33. The Morgan fingerprint density at radius 2 is 1.83 bits per heavy atom. The Morgan fingerprint density at radius 1 is 1.08 bits per heavy atom. The van der Waals surface area contributed by atoms with E-state index in [9.17, 15) is 4.79 Å². The third-order valence-corrected chi connectivity index (χ3v) is 4.38. The van der Waals surface area contributed by atoms with E-state index in [1.54, 1.807) is 13.3 Å². The lowest BCUT2D eigenvalue weighted by Gasteiger charge is -2.23. The minimum absolute atomic E-state index is 0.212. The number of hydrogen-bond donors (Lipinski definition) is 2. The first-order valence-electron chi connectivity index (χ1n) is 8.19. The molecule has 0 saturated heterocycles. The van der Waals surface area contributed by atoms with E-state index < -0.39 is 0 Å². The molecule has 2 N–H and O–H groups in total. The maximum atomic E-state index is 12.4. The average molecular weight is 322 g/mol. The van der Waals surface area contributed by atoms with Gasteiger partial charge in [-0.1, -0.05) is 30.3 Å². The van der Waals surface area contributed by atoms with Crippen molar-refractivity contribution in [2.24, 2.45) is 0 Å². The van der Waals surface area contributed by atoms with E-state index in [0.29, 0.717) is 12.3 Å². The summed E-state index contributed by atoms with van der Waals surface area (Å²) in [5.41, 5.74) is 9.12. The number of nitrogens with one attached hydrogen (secondary N) is 2. The summed E-state index contributed by atoms with van der Waals surface area (Å²) in [5.74, 6) is 1.35. The van der Waals surface area contributed by atoms with Crippen molar-refractivity contribution < 1.29 is 9.53 Å². The molecule has 0 heterocycles. The average Bonchev–Trinajstić information content (AvgIpc) is 2.64. The van der Waals surface area contributed by atoms with Crippen molar-refractivity contribution >= 4 is 11.5 Å². The van der Waals surface area contributed by atoms with Gasteiger partial charge < -0.3 is 15.6 Å². The number of carbonyl (C=O) groups excluding carboxylic acids is 1. The molecule has 1 atom stereocenters. The van der Waals surface area contributed by atoms with E-state index in [4.69, 9.17) is 4.74 Å². The number of hydrogen-bond acceptors (Lipinski definition) is 4. The van der Waals surface area contributed by atoms with Crippen LogP contribution in [0.2, 0.25) is 0 Å². The van der Waals surface area contributed by atoms with Crippen molar-refractivity contribution in [3.63, 3.8) is 0 Å². The summed E-state index contributed by atoms with van der Waals surface area (Å²) < 4.78 is 5.18. The fourth-order valence-electron chi connectivity index (χ4n) is 2.97. The van der Waals surface area contributed by atoms with Gasteiger partial charge in [-0.15, -0.1) is 0 Å². The van der Waals surface area contributed by atoms with Crippen LogP contribution in [0, 0.1) is 0 Å². The molecule has 1 fully saturated rings. The van der Waals surface area contributed by atoms with Crippen LogP contribution in [-0.2, 0) is 4.79 Å². The fraction of sp³-hybridized carbons (Fsp3) is 0.250. The van der Waals surface area contributed by atoms with Crippen LogP contribution in [0.4, 0.5) is 5.69 Å². The predicted octanol–water partition coefficient (Wildman–Crippen LogP) is 4.03. The first-order chi connectivity index (χ1) is 11.8. The Bertz CT molecular complexity index is 708. The van der Waals surface area contributed by atoms with Gasteiger partial charge in [-0.25, -0.2) is 0 Å². The summed E-state index contributed by atoms with van der Waals surface area (Å²) in [7, 11) is 1.66. The third kappa shape index (κ3) is 3.96. The molecule has 0 bridgehead atoms. The molecule has 1 aliphatic rings. The van der Waals surface area contributed by atoms with E-state index in [1.165, 1.54) is 5.56 Å². The number of carbonyl (C=O) groups is 1. The lowest BCUT2D eigenvalue weighted by atomic mass is 9.81. The second-order valence-electron chi connectivity index (χ2n) is 5.94. The van der Waals surface area contributed by atoms with Gasteiger partial charge in [0.25, 0.3) is 0 Å². The number of Topliss-reactive ketones (excluding diaryl/α,β-unsaturated/α-hetero) is 1. The van der Waals surface area contributed by atoms with Gasteiger partial charge in [-0.3, -0.25) is 4.79 Å². The molecule has 1 aliphatic carbocycles. The summed E-state index contributed by atoms with van der Waals surface area (Å²) in [6.45, 7) is 0. The van der Waals surface area contributed by atoms with Crippen LogP contribution in [-0.4, -0.2) is 12.9 Å². The number of anilines is 1. The van der Waals surface area contributed by atoms with Crippen molar-refractivity contribution in [1.82, 2.24) is 5.43 Å². The van der Waals surface area contributed by atoms with Gasteiger partial charge in [-0.05, 0) is 48.6 Å². The van der Waals surface area contributed by atoms with Crippen LogP contribution in [0.3, 0.4) is 0 Å². The molecule has 0 aromatic heterocycles. The highest BCUT2D eigenvalue weighted by Gasteiger charge is 2.24. The van der Waals surface area contributed by atoms with Gasteiger partial charge in [0.05, 0.1) is 12.8 Å². The molecule has 2 aromatic rings. The number of ketones is 1. The van der Waals surface area contributed by atoms with E-state index in [1.807, 2.05) is 42.5 Å². The smallest absolute Gasteiger partial charge is 0.160 e. The SMILES string of the molecule is COc1ccc([C@@H]2CC/C(=C\NNc3ccccc3)C(=O)C2)cc1. The lowest BCUT2D eigenvalue weighted by molar-refractivity contribution is -0.116. The summed E-state index contributed by atoms with van der Waals surface area (Å²) in [6, 6.07) is 17.8. The minimum Gasteiger partial charge on any atom is -0.497 e. The maximum Gasteiger partial charge on any atom is 0.160 e. The molecule has 124 valence electrons. The van der Waals surface area contributed by atoms with Gasteiger partial charge in [-0.2, -0.15) is 0 Å². The number of benzene rings is 2. The van der Waals surface area contributed by atoms with Gasteiger partial charge >= 0.3 is 0 Å². The number of ether oxygens (including phenoxy) is 1. The van der Waals surface area contributed by atoms with E-state index in [0.717, 1.165) is 29.9 Å².